The number of amides is 1. The number of carbonyl (C=O) groups is 1. The van der Waals surface area contributed by atoms with Gasteiger partial charge in [0, 0.05) is 54.0 Å². The summed E-state index contributed by atoms with van der Waals surface area (Å²) in [6.07, 6.45) is 4.34. The van der Waals surface area contributed by atoms with E-state index in [0.717, 1.165) is 34.4 Å². The van der Waals surface area contributed by atoms with E-state index in [-0.39, 0.29) is 27.7 Å². The quantitative estimate of drug-likeness (QED) is 0.111. The van der Waals surface area contributed by atoms with E-state index in [4.69, 9.17) is 11.6 Å². The van der Waals surface area contributed by atoms with Gasteiger partial charge in [0.05, 0.1) is 30.7 Å². The lowest BCUT2D eigenvalue weighted by Crippen LogP contribution is -2.33. The molecule has 1 aromatic heterocycles. The third-order valence-corrected chi connectivity index (χ3v) is 11.9. The van der Waals surface area contributed by atoms with Gasteiger partial charge in [0.2, 0.25) is 0 Å². The van der Waals surface area contributed by atoms with Crippen LogP contribution in [0.4, 0.5) is 11.4 Å². The van der Waals surface area contributed by atoms with Gasteiger partial charge in [-0.05, 0) is 85.5 Å². The molecule has 10 nitrogen and oxygen atoms in total. The molecule has 0 N–H and O–H groups in total. The van der Waals surface area contributed by atoms with Crippen LogP contribution in [-0.4, -0.2) is 51.7 Å². The highest BCUT2D eigenvalue weighted by atomic mass is 35.5. The normalized spacial score (nSPS) is 12.2. The van der Waals surface area contributed by atoms with Crippen molar-refractivity contribution >= 4 is 59.5 Å². The maximum Gasteiger partial charge on any atom is 0.270 e. The lowest BCUT2D eigenvalue weighted by molar-refractivity contribution is -0.384. The largest absolute Gasteiger partial charge is 0.308 e. The lowest BCUT2D eigenvalue weighted by Gasteiger charge is -2.25. The Hall–Kier alpha value is -4.65. The average molecular weight is 706 g/mol. The number of halogens is 1. The zero-order chi connectivity index (χ0) is 35.0. The molecule has 0 aliphatic rings. The molecular formula is C35H32ClN3O7S2. The minimum Gasteiger partial charge on any atom is -0.308 e. The highest BCUT2D eigenvalue weighted by molar-refractivity contribution is 7.91. The highest BCUT2D eigenvalue weighted by Gasteiger charge is 2.33. The molecule has 5 aromatic rings. The van der Waals surface area contributed by atoms with Crippen LogP contribution in [0, 0.1) is 10.1 Å². The van der Waals surface area contributed by atoms with Crippen LogP contribution in [-0.2, 0) is 30.8 Å². The van der Waals surface area contributed by atoms with Crippen molar-refractivity contribution in [3.8, 4) is 11.1 Å². The van der Waals surface area contributed by atoms with Crippen LogP contribution in [0.2, 0.25) is 5.02 Å². The molecule has 0 fully saturated rings. The van der Waals surface area contributed by atoms with Crippen molar-refractivity contribution in [3.05, 3.63) is 129 Å². The molecule has 248 valence electrons. The molecular weight excluding hydrogens is 674 g/mol. The van der Waals surface area contributed by atoms with Gasteiger partial charge in [-0.3, -0.25) is 19.9 Å². The van der Waals surface area contributed by atoms with Crippen LogP contribution in [0.5, 0.6) is 0 Å². The molecule has 0 aliphatic heterocycles. The van der Waals surface area contributed by atoms with Gasteiger partial charge in [-0.1, -0.05) is 41.9 Å². The van der Waals surface area contributed by atoms with Crippen LogP contribution in [0.1, 0.15) is 35.3 Å². The van der Waals surface area contributed by atoms with Gasteiger partial charge < -0.3 is 4.90 Å². The van der Waals surface area contributed by atoms with Crippen molar-refractivity contribution < 1.29 is 26.6 Å². The third-order valence-electron chi connectivity index (χ3n) is 8.40. The second kappa shape index (κ2) is 13.1. The molecule has 1 amide bonds. The van der Waals surface area contributed by atoms with Crippen molar-refractivity contribution in [1.29, 1.82) is 0 Å². The predicted octanol–water partition coefficient (Wildman–Crippen LogP) is 7.04. The number of hydrogen-bond donors (Lipinski definition) is 0. The molecule has 1 heterocycles. The number of nitrogens with zero attached hydrogens (tertiary/aromatic N) is 3. The SMILES string of the molecule is CC(C)(c1cc(-c2cccc(CCN(C(=O)c3ccc([N+](=O)[O-])cc3Cl)c3ccc(S(C)(=O)=O)cc3)c2)c2ncccc2c1)S(C)(=O)=O. The minimum absolute atomic E-state index is 0.0473. The smallest absolute Gasteiger partial charge is 0.270 e. The first-order valence-corrected chi connectivity index (χ1v) is 18.9. The Kier molecular flexibility index (Phi) is 9.46. The Morgan fingerprint density at radius 3 is 2.25 bits per heavy atom. The summed E-state index contributed by atoms with van der Waals surface area (Å²) in [4.78, 5) is 30.7. The van der Waals surface area contributed by atoms with E-state index in [1.54, 1.807) is 26.1 Å². The van der Waals surface area contributed by atoms with Gasteiger partial charge in [0.1, 0.15) is 0 Å². The van der Waals surface area contributed by atoms with Crippen LogP contribution in [0.25, 0.3) is 22.0 Å². The standard InChI is InChI=1S/C35H32ClN3O7S2/c1-35(2,48(4,45)46)26-20-25-9-6-17-37-33(25)31(21-26)24-8-5-7-23(19-24)16-18-38(27-10-13-29(14-11-27)47(3,43)44)34(40)30-15-12-28(39(41)42)22-32(30)36/h5-15,17,19-22H,16,18H2,1-4H3. The van der Waals surface area contributed by atoms with Crippen molar-refractivity contribution in [2.24, 2.45) is 0 Å². The Morgan fingerprint density at radius 1 is 0.917 bits per heavy atom. The zero-order valence-corrected chi connectivity index (χ0v) is 28.9. The first kappa shape index (κ1) is 34.7. The maximum absolute atomic E-state index is 13.9. The van der Waals surface area contributed by atoms with Crippen LogP contribution in [0.15, 0.2) is 102 Å². The molecule has 0 atom stereocenters. The number of sulfone groups is 2. The van der Waals surface area contributed by atoms with Crippen molar-refractivity contribution in [2.45, 2.75) is 29.9 Å². The molecule has 0 unspecified atom stereocenters. The summed E-state index contributed by atoms with van der Waals surface area (Å²) in [7, 11) is -6.95. The van der Waals surface area contributed by atoms with E-state index in [2.05, 4.69) is 4.98 Å². The van der Waals surface area contributed by atoms with Crippen molar-refractivity contribution in [1.82, 2.24) is 4.98 Å². The molecule has 0 spiro atoms. The summed E-state index contributed by atoms with van der Waals surface area (Å²) < 4.78 is 48.5. The number of nitro benzene ring substituents is 1. The third kappa shape index (κ3) is 7.10. The molecule has 4 aromatic carbocycles. The fraction of sp³-hybridized carbons (Fsp3) is 0.200. The number of aromatic nitrogens is 1. The number of pyridine rings is 1. The van der Waals surface area contributed by atoms with Crippen molar-refractivity contribution in [2.75, 3.05) is 24.0 Å². The molecule has 0 aliphatic carbocycles. The fourth-order valence-corrected chi connectivity index (χ4v) is 6.70. The van der Waals surface area contributed by atoms with Gasteiger partial charge >= 0.3 is 0 Å². The summed E-state index contributed by atoms with van der Waals surface area (Å²) in [6, 6.07) is 24.5. The number of nitro groups is 1. The fourth-order valence-electron chi connectivity index (χ4n) is 5.27. The zero-order valence-electron chi connectivity index (χ0n) is 26.5. The van der Waals surface area contributed by atoms with E-state index in [1.807, 2.05) is 42.5 Å². The number of non-ortho nitro benzene ring substituents is 1. The summed E-state index contributed by atoms with van der Waals surface area (Å²) in [5, 5.41) is 11.9. The Labute approximate surface area is 284 Å². The van der Waals surface area contributed by atoms with Gasteiger partial charge in [-0.15, -0.1) is 0 Å². The topological polar surface area (TPSA) is 145 Å². The van der Waals surface area contributed by atoms with E-state index >= 15 is 0 Å². The number of hydrogen-bond acceptors (Lipinski definition) is 8. The van der Waals surface area contributed by atoms with E-state index in [9.17, 15) is 31.7 Å². The van der Waals surface area contributed by atoms with E-state index in [1.165, 1.54) is 47.6 Å². The molecule has 13 heteroatoms. The monoisotopic (exact) mass is 705 g/mol. The molecule has 5 rings (SSSR count). The number of fused-ring (bicyclic) bond motifs is 1. The number of rotatable bonds is 10. The van der Waals surface area contributed by atoms with Crippen LogP contribution < -0.4 is 4.90 Å². The molecule has 48 heavy (non-hydrogen) atoms. The molecule has 0 bridgehead atoms. The van der Waals surface area contributed by atoms with Crippen LogP contribution >= 0.6 is 11.6 Å². The van der Waals surface area contributed by atoms with E-state index < -0.39 is 35.3 Å². The Balaban J connectivity index is 1.53. The summed E-state index contributed by atoms with van der Waals surface area (Å²) in [6.45, 7) is 3.49. The molecule has 0 saturated carbocycles. The molecule has 0 radical (unpaired) electrons. The maximum atomic E-state index is 13.9. The summed E-state index contributed by atoms with van der Waals surface area (Å²) >= 11 is 6.34. The van der Waals surface area contributed by atoms with Crippen molar-refractivity contribution in [3.63, 3.8) is 0 Å². The first-order valence-electron chi connectivity index (χ1n) is 14.7. The second-order valence-corrected chi connectivity index (χ2v) is 17.0. The summed E-state index contributed by atoms with van der Waals surface area (Å²) in [5.41, 5.74) is 3.93. The minimum atomic E-state index is -3.49. The number of carbonyl (C=O) groups excluding carboxylic acids is 1. The second-order valence-electron chi connectivity index (χ2n) is 12.0. The highest BCUT2D eigenvalue weighted by Crippen LogP contribution is 2.37. The predicted molar refractivity (Wildman–Crippen MR) is 188 cm³/mol. The Morgan fingerprint density at radius 2 is 1.62 bits per heavy atom. The van der Waals surface area contributed by atoms with Gasteiger partial charge in [-0.25, -0.2) is 16.8 Å². The van der Waals surface area contributed by atoms with Gasteiger partial charge in [0.25, 0.3) is 11.6 Å². The van der Waals surface area contributed by atoms with Gasteiger partial charge in [0.15, 0.2) is 19.7 Å². The number of anilines is 1. The Bertz CT molecular complexity index is 2290. The lowest BCUT2D eigenvalue weighted by atomic mass is 9.92. The van der Waals surface area contributed by atoms with Gasteiger partial charge in [-0.2, -0.15) is 0 Å². The molecule has 0 saturated heterocycles. The summed E-state index contributed by atoms with van der Waals surface area (Å²) in [5.74, 6) is -0.524. The van der Waals surface area contributed by atoms with Crippen LogP contribution in [0.3, 0.4) is 0 Å². The number of benzene rings is 4. The first-order chi connectivity index (χ1) is 22.5. The van der Waals surface area contributed by atoms with E-state index in [0.29, 0.717) is 23.2 Å². The average Bonchev–Trinajstić information content (AvgIpc) is 3.03.